The van der Waals surface area contributed by atoms with Crippen LogP contribution in [0.25, 0.3) is 0 Å². The minimum atomic E-state index is -0.328. The van der Waals surface area contributed by atoms with E-state index in [9.17, 15) is 9.59 Å². The Morgan fingerprint density at radius 3 is 2.27 bits per heavy atom. The van der Waals surface area contributed by atoms with E-state index in [0.717, 1.165) is 11.1 Å². The maximum atomic E-state index is 12.4. The number of anilines is 2. The third kappa shape index (κ3) is 3.80. The number of nitrogens with zero attached hydrogens (tertiary/aromatic N) is 1. The number of amides is 2. The molecule has 2 heterocycles. The number of aromatic nitrogens is 1. The predicted molar refractivity (Wildman–Crippen MR) is 99.5 cm³/mol. The third-order valence-corrected chi connectivity index (χ3v) is 3.93. The Morgan fingerprint density at radius 2 is 1.62 bits per heavy atom. The van der Waals surface area contributed by atoms with Gasteiger partial charge >= 0.3 is 0 Å². The number of rotatable bonds is 4. The molecule has 0 atom stereocenters. The molecular formula is C20H19N3O3. The quantitative estimate of drug-likeness (QED) is 0.742. The number of carbonyl (C=O) groups is 2. The fourth-order valence-electron chi connectivity index (χ4n) is 2.59. The van der Waals surface area contributed by atoms with Gasteiger partial charge in [-0.1, -0.05) is 6.07 Å². The zero-order valence-electron chi connectivity index (χ0n) is 14.8. The van der Waals surface area contributed by atoms with E-state index in [1.807, 2.05) is 26.0 Å². The Hall–Kier alpha value is -3.41. The molecule has 2 aromatic heterocycles. The van der Waals surface area contributed by atoms with Gasteiger partial charge in [0.15, 0.2) is 5.76 Å². The molecule has 0 aliphatic heterocycles. The second kappa shape index (κ2) is 7.23. The fraction of sp³-hybridized carbons (Fsp3) is 0.150. The van der Waals surface area contributed by atoms with Gasteiger partial charge in [0, 0.05) is 34.9 Å². The summed E-state index contributed by atoms with van der Waals surface area (Å²) in [5.74, 6) is 0.398. The fourth-order valence-corrected chi connectivity index (χ4v) is 2.59. The number of carbonyl (C=O) groups excluding carboxylic acids is 2. The van der Waals surface area contributed by atoms with Crippen LogP contribution >= 0.6 is 0 Å². The molecule has 0 saturated carbocycles. The molecule has 0 aliphatic carbocycles. The molecule has 3 rings (SSSR count). The van der Waals surface area contributed by atoms with Gasteiger partial charge in [0.1, 0.15) is 5.76 Å². The Kier molecular flexibility index (Phi) is 4.84. The number of hydrogen-bond acceptors (Lipinski definition) is 4. The van der Waals surface area contributed by atoms with E-state index >= 15 is 0 Å². The van der Waals surface area contributed by atoms with Gasteiger partial charge in [0.05, 0.1) is 0 Å². The average molecular weight is 349 g/mol. The molecule has 3 aromatic rings. The van der Waals surface area contributed by atoms with Crippen molar-refractivity contribution in [3.05, 3.63) is 77.0 Å². The summed E-state index contributed by atoms with van der Waals surface area (Å²) in [7, 11) is 0. The van der Waals surface area contributed by atoms with Crippen molar-refractivity contribution in [2.45, 2.75) is 20.8 Å². The predicted octanol–water partition coefficient (Wildman–Crippen LogP) is 4.10. The molecule has 2 amide bonds. The zero-order valence-corrected chi connectivity index (χ0v) is 14.8. The first-order valence-corrected chi connectivity index (χ1v) is 8.14. The molecule has 0 bridgehead atoms. The summed E-state index contributed by atoms with van der Waals surface area (Å²) < 4.78 is 5.44. The van der Waals surface area contributed by atoms with Crippen LogP contribution in [-0.2, 0) is 0 Å². The molecule has 6 nitrogen and oxygen atoms in total. The van der Waals surface area contributed by atoms with Gasteiger partial charge in [-0.05, 0) is 56.7 Å². The highest BCUT2D eigenvalue weighted by Gasteiger charge is 2.15. The van der Waals surface area contributed by atoms with Gasteiger partial charge in [-0.2, -0.15) is 0 Å². The molecule has 0 spiro atoms. The number of aryl methyl sites for hydroxylation is 3. The highest BCUT2D eigenvalue weighted by molar-refractivity contribution is 6.06. The molecule has 2 N–H and O–H groups in total. The number of hydrogen-bond donors (Lipinski definition) is 2. The van der Waals surface area contributed by atoms with E-state index in [1.54, 1.807) is 43.6 Å². The lowest BCUT2D eigenvalue weighted by atomic mass is 10.1. The molecule has 0 fully saturated rings. The normalized spacial score (nSPS) is 10.4. The monoisotopic (exact) mass is 349 g/mol. The summed E-state index contributed by atoms with van der Waals surface area (Å²) in [6.45, 7) is 5.50. The van der Waals surface area contributed by atoms with Crippen molar-refractivity contribution >= 4 is 23.2 Å². The molecule has 0 unspecified atom stereocenters. The van der Waals surface area contributed by atoms with Gasteiger partial charge < -0.3 is 15.1 Å². The Balaban J connectivity index is 1.78. The Morgan fingerprint density at radius 1 is 0.885 bits per heavy atom. The van der Waals surface area contributed by atoms with Crippen LogP contribution in [0.3, 0.4) is 0 Å². The molecule has 132 valence electrons. The van der Waals surface area contributed by atoms with Gasteiger partial charge in [-0.25, -0.2) is 0 Å². The largest absolute Gasteiger partial charge is 0.456 e. The van der Waals surface area contributed by atoms with Crippen molar-refractivity contribution in [3.63, 3.8) is 0 Å². The van der Waals surface area contributed by atoms with Crippen molar-refractivity contribution in [2.75, 3.05) is 10.6 Å². The minimum absolute atomic E-state index is 0.239. The standard InChI is InChI=1S/C20H19N3O3/c1-12-4-5-16(22-20(25)18-13(2)10-14(3)26-18)11-17(12)23-19(24)15-6-8-21-9-7-15/h4-11H,1-3H3,(H,22,25)(H,23,24). The topological polar surface area (TPSA) is 84.2 Å². The number of nitrogens with one attached hydrogen (secondary N) is 2. The van der Waals surface area contributed by atoms with E-state index in [-0.39, 0.29) is 17.6 Å². The molecule has 6 heteroatoms. The summed E-state index contributed by atoms with van der Waals surface area (Å²) in [6, 6.07) is 10.4. The lowest BCUT2D eigenvalue weighted by Gasteiger charge is -2.11. The van der Waals surface area contributed by atoms with Crippen LogP contribution < -0.4 is 10.6 Å². The lowest BCUT2D eigenvalue weighted by molar-refractivity contribution is 0.0993. The molecule has 1 aromatic carbocycles. The first kappa shape index (κ1) is 17.4. The number of benzene rings is 1. The minimum Gasteiger partial charge on any atom is -0.456 e. The van der Waals surface area contributed by atoms with Crippen molar-refractivity contribution < 1.29 is 14.0 Å². The van der Waals surface area contributed by atoms with Gasteiger partial charge in [0.2, 0.25) is 0 Å². The smallest absolute Gasteiger partial charge is 0.291 e. The number of furan rings is 1. The lowest BCUT2D eigenvalue weighted by Crippen LogP contribution is -2.15. The first-order chi connectivity index (χ1) is 12.4. The average Bonchev–Trinajstić information content (AvgIpc) is 2.97. The second-order valence-electron chi connectivity index (χ2n) is 6.04. The highest BCUT2D eigenvalue weighted by Crippen LogP contribution is 2.22. The summed E-state index contributed by atoms with van der Waals surface area (Å²) in [6.07, 6.45) is 3.12. The van der Waals surface area contributed by atoms with E-state index in [1.165, 1.54) is 0 Å². The van der Waals surface area contributed by atoms with Gasteiger partial charge in [0.25, 0.3) is 11.8 Å². The third-order valence-electron chi connectivity index (χ3n) is 3.93. The first-order valence-electron chi connectivity index (χ1n) is 8.14. The van der Waals surface area contributed by atoms with Crippen LogP contribution in [0, 0.1) is 20.8 Å². The molecule has 0 radical (unpaired) electrons. The molecule has 0 saturated heterocycles. The van der Waals surface area contributed by atoms with Gasteiger partial charge in [-0.3, -0.25) is 14.6 Å². The highest BCUT2D eigenvalue weighted by atomic mass is 16.3. The van der Waals surface area contributed by atoms with Crippen molar-refractivity contribution in [2.24, 2.45) is 0 Å². The number of pyridine rings is 1. The summed E-state index contributed by atoms with van der Waals surface area (Å²) in [5.41, 5.74) is 3.36. The van der Waals surface area contributed by atoms with E-state index in [4.69, 9.17) is 4.42 Å². The second-order valence-corrected chi connectivity index (χ2v) is 6.04. The molecule has 0 aliphatic rings. The van der Waals surface area contributed by atoms with Crippen LogP contribution in [0.15, 0.2) is 53.2 Å². The van der Waals surface area contributed by atoms with Crippen LogP contribution in [0.2, 0.25) is 0 Å². The Labute approximate surface area is 151 Å². The Bertz CT molecular complexity index is 962. The van der Waals surface area contributed by atoms with Crippen molar-refractivity contribution in [1.29, 1.82) is 0 Å². The summed E-state index contributed by atoms with van der Waals surface area (Å²) in [5, 5.41) is 5.65. The van der Waals surface area contributed by atoms with E-state index in [0.29, 0.717) is 22.7 Å². The zero-order chi connectivity index (χ0) is 18.7. The van der Waals surface area contributed by atoms with Crippen LogP contribution in [0.4, 0.5) is 11.4 Å². The maximum absolute atomic E-state index is 12.4. The summed E-state index contributed by atoms with van der Waals surface area (Å²) >= 11 is 0. The SMILES string of the molecule is Cc1cc(C)c(C(=O)Nc2ccc(C)c(NC(=O)c3ccncc3)c2)o1. The van der Waals surface area contributed by atoms with Gasteiger partial charge in [-0.15, -0.1) is 0 Å². The van der Waals surface area contributed by atoms with E-state index < -0.39 is 0 Å². The van der Waals surface area contributed by atoms with Crippen molar-refractivity contribution in [3.8, 4) is 0 Å². The maximum Gasteiger partial charge on any atom is 0.291 e. The van der Waals surface area contributed by atoms with Crippen LogP contribution in [0.1, 0.15) is 37.8 Å². The van der Waals surface area contributed by atoms with Crippen LogP contribution in [-0.4, -0.2) is 16.8 Å². The van der Waals surface area contributed by atoms with Crippen LogP contribution in [0.5, 0.6) is 0 Å². The molecule has 26 heavy (non-hydrogen) atoms. The van der Waals surface area contributed by atoms with Crippen molar-refractivity contribution in [1.82, 2.24) is 4.98 Å². The summed E-state index contributed by atoms with van der Waals surface area (Å²) in [4.78, 5) is 28.6. The molecular weight excluding hydrogens is 330 g/mol. The van der Waals surface area contributed by atoms with E-state index in [2.05, 4.69) is 15.6 Å².